The number of rotatable bonds is 6. The second-order valence-electron chi connectivity index (χ2n) is 5.10. The van der Waals surface area contributed by atoms with Crippen LogP contribution in [-0.2, 0) is 9.84 Å². The first-order valence-electron chi connectivity index (χ1n) is 6.83. The third-order valence-electron chi connectivity index (χ3n) is 3.45. The maximum Gasteiger partial charge on any atom is 0.177 e. The molecule has 0 amide bonds. The second-order valence-corrected chi connectivity index (χ2v) is 7.08. The molecule has 1 N–H and O–H groups in total. The molecule has 0 bridgehead atoms. The van der Waals surface area contributed by atoms with E-state index in [0.29, 0.717) is 10.6 Å². The molecule has 19 heavy (non-hydrogen) atoms. The summed E-state index contributed by atoms with van der Waals surface area (Å²) in [6.45, 7) is 4.32. The number of hydrogen-bond donors (Lipinski definition) is 1. The molecule has 0 aromatic heterocycles. The first-order valence-corrected chi connectivity index (χ1v) is 8.72. The first-order chi connectivity index (χ1) is 9.07. The molecular formula is C14H22N2O2S. The van der Waals surface area contributed by atoms with Gasteiger partial charge >= 0.3 is 0 Å². The highest BCUT2D eigenvalue weighted by molar-refractivity contribution is 7.90. The van der Waals surface area contributed by atoms with Crippen LogP contribution in [0.4, 0.5) is 5.69 Å². The van der Waals surface area contributed by atoms with Crippen LogP contribution in [0.25, 0.3) is 0 Å². The number of para-hydroxylation sites is 1. The summed E-state index contributed by atoms with van der Waals surface area (Å²) in [5, 5.41) is 3.24. The smallest absolute Gasteiger partial charge is 0.177 e. The van der Waals surface area contributed by atoms with Crippen LogP contribution in [0.1, 0.15) is 19.3 Å². The van der Waals surface area contributed by atoms with Gasteiger partial charge in [-0.2, -0.15) is 0 Å². The van der Waals surface area contributed by atoms with Crippen molar-refractivity contribution in [2.45, 2.75) is 24.2 Å². The van der Waals surface area contributed by atoms with Gasteiger partial charge in [-0.05, 0) is 51.0 Å². The normalized spacial score (nSPS) is 16.7. The number of nitrogens with zero attached hydrogens (tertiary/aromatic N) is 1. The maximum atomic E-state index is 11.6. The minimum atomic E-state index is -3.16. The van der Waals surface area contributed by atoms with Crippen LogP contribution in [-0.4, -0.2) is 45.8 Å². The maximum absolute atomic E-state index is 11.6. The third-order valence-corrected chi connectivity index (χ3v) is 4.61. The molecule has 1 saturated heterocycles. The molecule has 1 aliphatic rings. The van der Waals surface area contributed by atoms with Crippen LogP contribution < -0.4 is 5.32 Å². The van der Waals surface area contributed by atoms with E-state index >= 15 is 0 Å². The molecule has 4 nitrogen and oxygen atoms in total. The lowest BCUT2D eigenvalue weighted by molar-refractivity contribution is 0.337. The predicted molar refractivity (Wildman–Crippen MR) is 78.3 cm³/mol. The van der Waals surface area contributed by atoms with E-state index in [1.165, 1.54) is 32.2 Å². The Morgan fingerprint density at radius 1 is 1.21 bits per heavy atom. The number of hydrogen-bond acceptors (Lipinski definition) is 4. The molecule has 1 aromatic rings. The van der Waals surface area contributed by atoms with Crippen molar-refractivity contribution >= 4 is 15.5 Å². The Labute approximate surface area is 115 Å². The van der Waals surface area contributed by atoms with E-state index in [1.807, 2.05) is 12.1 Å². The van der Waals surface area contributed by atoms with Crippen molar-refractivity contribution in [1.82, 2.24) is 4.90 Å². The standard InChI is InChI=1S/C14H22N2O2S/c1-19(17,18)14-8-3-2-7-13(14)15-9-6-12-16-10-4-5-11-16/h2-3,7-8,15H,4-6,9-12H2,1H3. The average Bonchev–Trinajstić information content (AvgIpc) is 2.87. The minimum absolute atomic E-state index is 0.385. The van der Waals surface area contributed by atoms with Gasteiger partial charge in [-0.3, -0.25) is 0 Å². The van der Waals surface area contributed by atoms with Gasteiger partial charge in [-0.15, -0.1) is 0 Å². The van der Waals surface area contributed by atoms with E-state index in [2.05, 4.69) is 10.2 Å². The zero-order valence-electron chi connectivity index (χ0n) is 11.4. The molecule has 0 saturated carbocycles. The van der Waals surface area contributed by atoms with Crippen molar-refractivity contribution < 1.29 is 8.42 Å². The summed E-state index contributed by atoms with van der Waals surface area (Å²) in [6, 6.07) is 7.09. The van der Waals surface area contributed by atoms with Gasteiger partial charge in [0.25, 0.3) is 0 Å². The van der Waals surface area contributed by atoms with Crippen molar-refractivity contribution in [3.8, 4) is 0 Å². The molecule has 106 valence electrons. The predicted octanol–water partition coefficient (Wildman–Crippen LogP) is 1.99. The van der Waals surface area contributed by atoms with Gasteiger partial charge in [0.1, 0.15) is 0 Å². The molecule has 0 radical (unpaired) electrons. The van der Waals surface area contributed by atoms with Crippen molar-refractivity contribution in [1.29, 1.82) is 0 Å². The fourth-order valence-corrected chi connectivity index (χ4v) is 3.33. The van der Waals surface area contributed by atoms with Crippen LogP contribution >= 0.6 is 0 Å². The molecule has 1 fully saturated rings. The third kappa shape index (κ3) is 4.21. The van der Waals surface area contributed by atoms with E-state index in [4.69, 9.17) is 0 Å². The lowest BCUT2D eigenvalue weighted by Gasteiger charge is -2.15. The summed E-state index contributed by atoms with van der Waals surface area (Å²) in [4.78, 5) is 2.85. The summed E-state index contributed by atoms with van der Waals surface area (Å²) >= 11 is 0. The summed E-state index contributed by atoms with van der Waals surface area (Å²) in [5.41, 5.74) is 0.714. The summed E-state index contributed by atoms with van der Waals surface area (Å²) in [6.07, 6.45) is 4.91. The highest BCUT2D eigenvalue weighted by atomic mass is 32.2. The van der Waals surface area contributed by atoms with Crippen LogP contribution in [0.2, 0.25) is 0 Å². The fourth-order valence-electron chi connectivity index (χ4n) is 2.47. The fraction of sp³-hybridized carbons (Fsp3) is 0.571. The highest BCUT2D eigenvalue weighted by Gasteiger charge is 2.13. The van der Waals surface area contributed by atoms with Crippen LogP contribution in [0, 0.1) is 0 Å². The van der Waals surface area contributed by atoms with Gasteiger partial charge in [0.15, 0.2) is 9.84 Å². The molecular weight excluding hydrogens is 260 g/mol. The Bertz CT molecular complexity index is 508. The van der Waals surface area contributed by atoms with Crippen molar-refractivity contribution in [2.75, 3.05) is 37.8 Å². The molecule has 0 aliphatic carbocycles. The van der Waals surface area contributed by atoms with Crippen LogP contribution in [0.3, 0.4) is 0 Å². The molecule has 0 atom stereocenters. The van der Waals surface area contributed by atoms with Gasteiger partial charge in [-0.1, -0.05) is 12.1 Å². The number of anilines is 1. The first kappa shape index (κ1) is 14.3. The Hall–Kier alpha value is -1.07. The Morgan fingerprint density at radius 2 is 1.89 bits per heavy atom. The molecule has 1 aromatic carbocycles. The van der Waals surface area contributed by atoms with Crippen LogP contribution in [0.5, 0.6) is 0 Å². The zero-order chi connectivity index (χ0) is 13.7. The van der Waals surface area contributed by atoms with Gasteiger partial charge in [-0.25, -0.2) is 8.42 Å². The largest absolute Gasteiger partial charge is 0.384 e. The molecule has 1 heterocycles. The Kier molecular flexibility index (Phi) is 4.82. The van der Waals surface area contributed by atoms with E-state index in [-0.39, 0.29) is 0 Å². The Balaban J connectivity index is 1.85. The number of sulfone groups is 1. The van der Waals surface area contributed by atoms with Crippen molar-refractivity contribution in [3.63, 3.8) is 0 Å². The molecule has 0 spiro atoms. The van der Waals surface area contributed by atoms with E-state index < -0.39 is 9.84 Å². The van der Waals surface area contributed by atoms with Crippen LogP contribution in [0.15, 0.2) is 29.2 Å². The zero-order valence-corrected chi connectivity index (χ0v) is 12.2. The lowest BCUT2D eigenvalue weighted by Crippen LogP contribution is -2.22. The number of nitrogens with one attached hydrogen (secondary N) is 1. The molecule has 1 aliphatic heterocycles. The quantitative estimate of drug-likeness (QED) is 0.811. The lowest BCUT2D eigenvalue weighted by atomic mass is 10.3. The summed E-state index contributed by atoms with van der Waals surface area (Å²) in [5.74, 6) is 0. The van der Waals surface area contributed by atoms with Gasteiger partial charge in [0.05, 0.1) is 10.6 Å². The molecule has 0 unspecified atom stereocenters. The summed E-state index contributed by atoms with van der Waals surface area (Å²) in [7, 11) is -3.16. The van der Waals surface area contributed by atoms with Gasteiger partial charge < -0.3 is 10.2 Å². The van der Waals surface area contributed by atoms with E-state index in [9.17, 15) is 8.42 Å². The van der Waals surface area contributed by atoms with E-state index in [1.54, 1.807) is 12.1 Å². The number of likely N-dealkylation sites (tertiary alicyclic amines) is 1. The van der Waals surface area contributed by atoms with E-state index in [0.717, 1.165) is 19.5 Å². The average molecular weight is 282 g/mol. The highest BCUT2D eigenvalue weighted by Crippen LogP contribution is 2.20. The Morgan fingerprint density at radius 3 is 2.58 bits per heavy atom. The topological polar surface area (TPSA) is 49.4 Å². The molecule has 5 heteroatoms. The van der Waals surface area contributed by atoms with Crippen molar-refractivity contribution in [2.24, 2.45) is 0 Å². The SMILES string of the molecule is CS(=O)(=O)c1ccccc1NCCCN1CCCC1. The molecule has 2 rings (SSSR count). The van der Waals surface area contributed by atoms with Crippen molar-refractivity contribution in [3.05, 3.63) is 24.3 Å². The minimum Gasteiger partial charge on any atom is -0.384 e. The van der Waals surface area contributed by atoms with Gasteiger partial charge in [0.2, 0.25) is 0 Å². The monoisotopic (exact) mass is 282 g/mol. The second kappa shape index (κ2) is 6.39. The van der Waals surface area contributed by atoms with Gasteiger partial charge in [0, 0.05) is 12.8 Å². The number of benzene rings is 1. The summed E-state index contributed by atoms with van der Waals surface area (Å²) < 4.78 is 23.3.